The first-order valence-corrected chi connectivity index (χ1v) is 8.71. The number of carbonyl (C=O) groups excluding carboxylic acids is 2. The van der Waals surface area contributed by atoms with Crippen molar-refractivity contribution >= 4 is 11.7 Å². The number of Topliss-reactive ketones (excluding diaryl/α,β-unsaturated/α-hetero) is 1. The monoisotopic (exact) mass is 366 g/mol. The average molecular weight is 366 g/mol. The molecule has 8 nitrogen and oxygen atoms in total. The lowest BCUT2D eigenvalue weighted by Gasteiger charge is -2.13. The van der Waals surface area contributed by atoms with E-state index in [0.717, 1.165) is 31.5 Å². The highest BCUT2D eigenvalue weighted by molar-refractivity contribution is 6.01. The van der Waals surface area contributed by atoms with E-state index in [1.54, 1.807) is 41.4 Å². The van der Waals surface area contributed by atoms with Gasteiger partial charge in [-0.15, -0.1) is 10.2 Å². The second kappa shape index (κ2) is 7.45. The fraction of sp³-hybridized carbons (Fsp3) is 0.263. The first-order valence-electron chi connectivity index (χ1n) is 8.71. The predicted molar refractivity (Wildman–Crippen MR) is 95.5 cm³/mol. The molecular formula is C19H18N4O4. The first-order chi connectivity index (χ1) is 13.2. The number of benzene rings is 1. The number of nitrogens with one attached hydrogen (secondary N) is 1. The van der Waals surface area contributed by atoms with Gasteiger partial charge in [-0.05, 0) is 43.2 Å². The third kappa shape index (κ3) is 3.74. The second-order valence-electron chi connectivity index (χ2n) is 6.28. The van der Waals surface area contributed by atoms with Crippen LogP contribution >= 0.6 is 0 Å². The van der Waals surface area contributed by atoms with Crippen LogP contribution in [0.2, 0.25) is 0 Å². The van der Waals surface area contributed by atoms with Gasteiger partial charge in [-0.2, -0.15) is 0 Å². The number of H-pyrrole nitrogens is 1. The Morgan fingerprint density at radius 1 is 1.19 bits per heavy atom. The minimum absolute atomic E-state index is 0.0657. The topological polar surface area (TPSA) is 101 Å². The van der Waals surface area contributed by atoms with E-state index in [9.17, 15) is 9.59 Å². The summed E-state index contributed by atoms with van der Waals surface area (Å²) in [6.45, 7) is 1.42. The fourth-order valence-electron chi connectivity index (χ4n) is 2.99. The Morgan fingerprint density at radius 3 is 2.67 bits per heavy atom. The van der Waals surface area contributed by atoms with Crippen molar-refractivity contribution in [3.8, 4) is 17.2 Å². The summed E-state index contributed by atoms with van der Waals surface area (Å²) in [7, 11) is 0. The maximum atomic E-state index is 12.3. The molecule has 0 unspecified atom stereocenters. The highest BCUT2D eigenvalue weighted by atomic mass is 16.5. The largest absolute Gasteiger partial charge is 0.485 e. The van der Waals surface area contributed by atoms with Crippen LogP contribution in [-0.2, 0) is 0 Å². The van der Waals surface area contributed by atoms with Gasteiger partial charge < -0.3 is 19.0 Å². The zero-order valence-electron chi connectivity index (χ0n) is 14.6. The van der Waals surface area contributed by atoms with E-state index < -0.39 is 0 Å². The van der Waals surface area contributed by atoms with Crippen molar-refractivity contribution in [2.75, 3.05) is 19.7 Å². The Kier molecular flexibility index (Phi) is 4.69. The molecule has 27 heavy (non-hydrogen) atoms. The SMILES string of the molecule is O=C(COc1ccc(-c2nnco2)cc1)c1c[nH]c(C(=O)N2CCCC2)c1. The highest BCUT2D eigenvalue weighted by Crippen LogP contribution is 2.20. The molecule has 138 valence electrons. The number of hydrogen-bond donors (Lipinski definition) is 1. The molecule has 1 saturated heterocycles. The van der Waals surface area contributed by atoms with Crippen LogP contribution in [-0.4, -0.2) is 51.5 Å². The number of hydrogen-bond acceptors (Lipinski definition) is 6. The van der Waals surface area contributed by atoms with Crippen molar-refractivity contribution in [3.63, 3.8) is 0 Å². The molecule has 0 saturated carbocycles. The van der Waals surface area contributed by atoms with Gasteiger partial charge in [-0.1, -0.05) is 0 Å². The van der Waals surface area contributed by atoms with E-state index in [0.29, 0.717) is 22.9 Å². The lowest BCUT2D eigenvalue weighted by molar-refractivity contribution is 0.0787. The van der Waals surface area contributed by atoms with Gasteiger partial charge in [0.25, 0.3) is 5.91 Å². The molecule has 3 heterocycles. The van der Waals surface area contributed by atoms with Crippen LogP contribution in [0.25, 0.3) is 11.5 Å². The van der Waals surface area contributed by atoms with Gasteiger partial charge in [-0.25, -0.2) is 0 Å². The molecule has 8 heteroatoms. The predicted octanol–water partition coefficient (Wildman–Crippen LogP) is 2.56. The molecule has 0 aliphatic carbocycles. The molecule has 0 radical (unpaired) electrons. The van der Waals surface area contributed by atoms with Crippen LogP contribution in [0.1, 0.15) is 33.7 Å². The highest BCUT2D eigenvalue weighted by Gasteiger charge is 2.21. The van der Waals surface area contributed by atoms with Crippen LogP contribution in [0.15, 0.2) is 47.3 Å². The van der Waals surface area contributed by atoms with E-state index in [1.807, 2.05) is 0 Å². The quantitative estimate of drug-likeness (QED) is 0.673. The summed E-state index contributed by atoms with van der Waals surface area (Å²) in [6, 6.07) is 8.59. The van der Waals surface area contributed by atoms with E-state index in [1.165, 1.54) is 6.39 Å². The standard InChI is InChI=1S/C19H18N4O4/c24-17(14-9-16(20-10-14)19(25)23-7-1-2-8-23)11-26-15-5-3-13(4-6-15)18-22-21-12-27-18/h3-6,9-10,12,20H,1-2,7-8,11H2. The number of nitrogens with zero attached hydrogens (tertiary/aromatic N) is 3. The van der Waals surface area contributed by atoms with E-state index in [-0.39, 0.29) is 18.3 Å². The van der Waals surface area contributed by atoms with Gasteiger partial charge >= 0.3 is 0 Å². The zero-order chi connectivity index (χ0) is 18.6. The molecule has 0 bridgehead atoms. The average Bonchev–Trinajstić information content (AvgIpc) is 3.47. The second-order valence-corrected chi connectivity index (χ2v) is 6.28. The first kappa shape index (κ1) is 17.0. The van der Waals surface area contributed by atoms with Crippen LogP contribution in [0.5, 0.6) is 5.75 Å². The molecule has 1 N–H and O–H groups in total. The zero-order valence-corrected chi connectivity index (χ0v) is 14.6. The number of aromatic nitrogens is 3. The number of amides is 1. The molecule has 1 aliphatic heterocycles. The number of ether oxygens (including phenoxy) is 1. The van der Waals surface area contributed by atoms with Crippen molar-refractivity contribution < 1.29 is 18.7 Å². The Hall–Kier alpha value is -3.42. The molecule has 0 spiro atoms. The molecule has 3 aromatic rings. The number of ketones is 1. The number of likely N-dealkylation sites (tertiary alicyclic amines) is 1. The van der Waals surface area contributed by atoms with Gasteiger partial charge in [0.1, 0.15) is 11.4 Å². The van der Waals surface area contributed by atoms with Crippen LogP contribution in [0.4, 0.5) is 0 Å². The fourth-order valence-corrected chi connectivity index (χ4v) is 2.99. The molecule has 2 aromatic heterocycles. The van der Waals surface area contributed by atoms with Crippen LogP contribution < -0.4 is 4.74 Å². The molecule has 1 fully saturated rings. The molecule has 1 aliphatic rings. The molecular weight excluding hydrogens is 348 g/mol. The third-order valence-electron chi connectivity index (χ3n) is 4.46. The van der Waals surface area contributed by atoms with Gasteiger partial charge in [0.05, 0.1) is 0 Å². The molecule has 0 atom stereocenters. The van der Waals surface area contributed by atoms with Gasteiger partial charge in [0.2, 0.25) is 18.1 Å². The Bertz CT molecular complexity index is 925. The Morgan fingerprint density at radius 2 is 1.96 bits per heavy atom. The molecule has 1 amide bonds. The van der Waals surface area contributed by atoms with Crippen molar-refractivity contribution in [1.82, 2.24) is 20.1 Å². The summed E-state index contributed by atoms with van der Waals surface area (Å²) in [5, 5.41) is 7.46. The minimum Gasteiger partial charge on any atom is -0.485 e. The van der Waals surface area contributed by atoms with E-state index in [4.69, 9.17) is 9.15 Å². The molecule has 4 rings (SSSR count). The Balaban J connectivity index is 1.35. The van der Waals surface area contributed by atoms with Crippen LogP contribution in [0.3, 0.4) is 0 Å². The minimum atomic E-state index is -0.201. The summed E-state index contributed by atoms with van der Waals surface area (Å²) < 4.78 is 10.7. The van der Waals surface area contributed by atoms with E-state index in [2.05, 4.69) is 15.2 Å². The van der Waals surface area contributed by atoms with Crippen molar-refractivity contribution in [2.45, 2.75) is 12.8 Å². The van der Waals surface area contributed by atoms with Gasteiger partial charge in [0.15, 0.2) is 6.61 Å². The molecule has 1 aromatic carbocycles. The summed E-state index contributed by atoms with van der Waals surface area (Å²) in [6.07, 6.45) is 4.86. The summed E-state index contributed by atoms with van der Waals surface area (Å²) in [5.74, 6) is 0.701. The normalized spacial score (nSPS) is 13.7. The summed E-state index contributed by atoms with van der Waals surface area (Å²) >= 11 is 0. The Labute approximate surface area is 155 Å². The van der Waals surface area contributed by atoms with Crippen molar-refractivity contribution in [1.29, 1.82) is 0 Å². The summed E-state index contributed by atoms with van der Waals surface area (Å²) in [5.41, 5.74) is 1.63. The number of aromatic amines is 1. The van der Waals surface area contributed by atoms with Gasteiger partial charge in [-0.3, -0.25) is 9.59 Å². The lowest BCUT2D eigenvalue weighted by atomic mass is 10.2. The van der Waals surface area contributed by atoms with Crippen LogP contribution in [0, 0.1) is 0 Å². The maximum absolute atomic E-state index is 12.3. The van der Waals surface area contributed by atoms with Crippen molar-refractivity contribution in [2.24, 2.45) is 0 Å². The number of rotatable bonds is 6. The van der Waals surface area contributed by atoms with Gasteiger partial charge in [0, 0.05) is 30.4 Å². The summed E-state index contributed by atoms with van der Waals surface area (Å²) in [4.78, 5) is 29.3. The smallest absolute Gasteiger partial charge is 0.270 e. The van der Waals surface area contributed by atoms with E-state index >= 15 is 0 Å². The lowest BCUT2D eigenvalue weighted by Crippen LogP contribution is -2.27. The van der Waals surface area contributed by atoms with Crippen molar-refractivity contribution in [3.05, 3.63) is 54.2 Å². The number of carbonyl (C=O) groups is 2. The maximum Gasteiger partial charge on any atom is 0.270 e. The third-order valence-corrected chi connectivity index (χ3v) is 4.46.